The standard InChI is InChI=1S/C16H14N2OS2/c1-2-5-10(9-17)18-16(19)14-8-13-15(21-14)11-6-3-4-7-12(11)20-13/h3-4,6-8,10H,2,5H2,1H3,(H,18,19). The van der Waals surface area contributed by atoms with Crippen LogP contribution in [0.4, 0.5) is 0 Å². The van der Waals surface area contributed by atoms with E-state index in [1.54, 1.807) is 11.3 Å². The number of carbonyl (C=O) groups excluding carboxylic acids is 1. The van der Waals surface area contributed by atoms with E-state index in [1.165, 1.54) is 21.4 Å². The van der Waals surface area contributed by atoms with Crippen LogP contribution in [0.2, 0.25) is 0 Å². The summed E-state index contributed by atoms with van der Waals surface area (Å²) in [6, 6.07) is 11.9. The maximum atomic E-state index is 12.2. The van der Waals surface area contributed by atoms with Gasteiger partial charge in [0.25, 0.3) is 5.91 Å². The van der Waals surface area contributed by atoms with E-state index in [0.717, 1.165) is 15.8 Å². The summed E-state index contributed by atoms with van der Waals surface area (Å²) in [5.74, 6) is -0.146. The molecule has 1 atom stereocenters. The van der Waals surface area contributed by atoms with Gasteiger partial charge in [-0.25, -0.2) is 0 Å². The fourth-order valence-electron chi connectivity index (χ4n) is 2.30. The molecule has 3 aromatic rings. The van der Waals surface area contributed by atoms with Crippen molar-refractivity contribution < 1.29 is 4.79 Å². The fourth-order valence-corrected chi connectivity index (χ4v) is 4.73. The maximum absolute atomic E-state index is 12.2. The van der Waals surface area contributed by atoms with Gasteiger partial charge in [-0.3, -0.25) is 4.79 Å². The highest BCUT2D eigenvalue weighted by Gasteiger charge is 2.17. The highest BCUT2D eigenvalue weighted by molar-refractivity contribution is 7.33. The Balaban J connectivity index is 1.91. The topological polar surface area (TPSA) is 52.9 Å². The molecule has 0 saturated heterocycles. The second-order valence-corrected chi connectivity index (χ2v) is 6.98. The van der Waals surface area contributed by atoms with Crippen molar-refractivity contribution in [2.45, 2.75) is 25.8 Å². The van der Waals surface area contributed by atoms with E-state index in [2.05, 4.69) is 23.5 Å². The lowest BCUT2D eigenvalue weighted by Gasteiger charge is -2.08. The van der Waals surface area contributed by atoms with E-state index in [0.29, 0.717) is 11.3 Å². The quantitative estimate of drug-likeness (QED) is 0.768. The third-order valence-electron chi connectivity index (χ3n) is 3.31. The van der Waals surface area contributed by atoms with E-state index >= 15 is 0 Å². The molecule has 0 spiro atoms. The molecule has 0 saturated carbocycles. The Morgan fingerprint density at radius 3 is 2.90 bits per heavy atom. The molecule has 2 heterocycles. The Bertz CT molecular complexity index is 841. The van der Waals surface area contributed by atoms with Gasteiger partial charge in [0, 0.05) is 14.8 Å². The molecule has 0 aliphatic carbocycles. The predicted octanol–water partition coefficient (Wildman–Crippen LogP) is 4.54. The molecular formula is C16H14N2OS2. The number of carbonyl (C=O) groups is 1. The van der Waals surface area contributed by atoms with Gasteiger partial charge in [-0.05, 0) is 18.6 Å². The molecule has 0 aliphatic heterocycles. The van der Waals surface area contributed by atoms with Crippen LogP contribution in [0, 0.1) is 11.3 Å². The van der Waals surface area contributed by atoms with Crippen LogP contribution in [0.3, 0.4) is 0 Å². The minimum absolute atomic E-state index is 0.146. The summed E-state index contributed by atoms with van der Waals surface area (Å²) < 4.78 is 3.53. The largest absolute Gasteiger partial charge is 0.336 e. The van der Waals surface area contributed by atoms with Crippen molar-refractivity contribution in [1.82, 2.24) is 5.32 Å². The van der Waals surface area contributed by atoms with E-state index in [9.17, 15) is 4.79 Å². The van der Waals surface area contributed by atoms with Gasteiger partial charge in [0.15, 0.2) is 0 Å². The van der Waals surface area contributed by atoms with Crippen LogP contribution < -0.4 is 5.32 Å². The van der Waals surface area contributed by atoms with Crippen molar-refractivity contribution in [2.75, 3.05) is 0 Å². The number of benzene rings is 1. The first kappa shape index (κ1) is 14.1. The molecular weight excluding hydrogens is 300 g/mol. The molecule has 1 N–H and O–H groups in total. The summed E-state index contributed by atoms with van der Waals surface area (Å²) in [4.78, 5) is 12.9. The SMILES string of the molecule is CCCC(C#N)NC(=O)c1cc2sc3ccccc3c2s1. The van der Waals surface area contributed by atoms with Gasteiger partial charge in [0.1, 0.15) is 6.04 Å². The van der Waals surface area contributed by atoms with Crippen LogP contribution in [0.1, 0.15) is 29.4 Å². The van der Waals surface area contributed by atoms with Gasteiger partial charge >= 0.3 is 0 Å². The number of nitriles is 1. The molecule has 1 amide bonds. The van der Waals surface area contributed by atoms with Gasteiger partial charge in [-0.1, -0.05) is 31.5 Å². The second kappa shape index (κ2) is 5.84. The van der Waals surface area contributed by atoms with Crippen molar-refractivity contribution in [2.24, 2.45) is 0 Å². The third-order valence-corrected chi connectivity index (χ3v) is 5.73. The summed E-state index contributed by atoms with van der Waals surface area (Å²) in [7, 11) is 0. The van der Waals surface area contributed by atoms with Crippen LogP contribution in [-0.4, -0.2) is 11.9 Å². The fraction of sp³-hybridized carbons (Fsp3) is 0.250. The Morgan fingerprint density at radius 1 is 1.33 bits per heavy atom. The number of hydrogen-bond donors (Lipinski definition) is 1. The average molecular weight is 314 g/mol. The highest BCUT2D eigenvalue weighted by atomic mass is 32.1. The molecule has 1 aromatic carbocycles. The Labute approximate surface area is 130 Å². The zero-order valence-electron chi connectivity index (χ0n) is 11.6. The number of amides is 1. The Kier molecular flexibility index (Phi) is 3.91. The molecule has 3 nitrogen and oxygen atoms in total. The first-order valence-corrected chi connectivity index (χ1v) is 8.47. The maximum Gasteiger partial charge on any atom is 0.262 e. The van der Waals surface area contributed by atoms with Crippen molar-refractivity contribution in [3.63, 3.8) is 0 Å². The lowest BCUT2D eigenvalue weighted by molar-refractivity contribution is 0.0948. The lowest BCUT2D eigenvalue weighted by Crippen LogP contribution is -2.33. The van der Waals surface area contributed by atoms with Crippen LogP contribution >= 0.6 is 22.7 Å². The average Bonchev–Trinajstić information content (AvgIpc) is 3.04. The van der Waals surface area contributed by atoms with Gasteiger partial charge in [-0.2, -0.15) is 5.26 Å². The van der Waals surface area contributed by atoms with E-state index in [-0.39, 0.29) is 5.91 Å². The summed E-state index contributed by atoms with van der Waals surface area (Å²) in [6.45, 7) is 2.00. The summed E-state index contributed by atoms with van der Waals surface area (Å²) in [5, 5.41) is 13.0. The van der Waals surface area contributed by atoms with Gasteiger partial charge in [-0.15, -0.1) is 22.7 Å². The predicted molar refractivity (Wildman–Crippen MR) is 89.0 cm³/mol. The number of nitrogens with one attached hydrogen (secondary N) is 1. The van der Waals surface area contributed by atoms with E-state index in [1.807, 2.05) is 25.1 Å². The van der Waals surface area contributed by atoms with Crippen LogP contribution in [-0.2, 0) is 0 Å². The zero-order valence-corrected chi connectivity index (χ0v) is 13.2. The molecule has 0 radical (unpaired) electrons. The first-order valence-electron chi connectivity index (χ1n) is 6.84. The minimum atomic E-state index is -0.403. The monoisotopic (exact) mass is 314 g/mol. The number of hydrogen-bond acceptors (Lipinski definition) is 4. The number of nitrogens with zero attached hydrogens (tertiary/aromatic N) is 1. The normalized spacial score (nSPS) is 12.4. The summed E-state index contributed by atoms with van der Waals surface area (Å²) >= 11 is 3.20. The molecule has 106 valence electrons. The molecule has 3 rings (SSSR count). The van der Waals surface area contributed by atoms with E-state index < -0.39 is 6.04 Å². The first-order chi connectivity index (χ1) is 10.2. The van der Waals surface area contributed by atoms with Gasteiger partial charge < -0.3 is 5.32 Å². The van der Waals surface area contributed by atoms with Gasteiger partial charge in [0.05, 0.1) is 15.6 Å². The highest BCUT2D eigenvalue weighted by Crippen LogP contribution is 2.39. The van der Waals surface area contributed by atoms with Crippen molar-refractivity contribution in [3.05, 3.63) is 35.2 Å². The van der Waals surface area contributed by atoms with Crippen LogP contribution in [0.25, 0.3) is 19.5 Å². The number of fused-ring (bicyclic) bond motifs is 3. The van der Waals surface area contributed by atoms with E-state index in [4.69, 9.17) is 5.26 Å². The minimum Gasteiger partial charge on any atom is -0.336 e. The number of thiophene rings is 2. The zero-order chi connectivity index (χ0) is 14.8. The molecule has 21 heavy (non-hydrogen) atoms. The van der Waals surface area contributed by atoms with Crippen molar-refractivity contribution >= 4 is 48.1 Å². The second-order valence-electron chi connectivity index (χ2n) is 4.85. The Morgan fingerprint density at radius 2 is 2.14 bits per heavy atom. The van der Waals surface area contributed by atoms with Gasteiger partial charge in [0.2, 0.25) is 0 Å². The smallest absolute Gasteiger partial charge is 0.262 e. The lowest BCUT2D eigenvalue weighted by atomic mass is 10.2. The molecule has 0 bridgehead atoms. The summed E-state index contributed by atoms with van der Waals surface area (Å²) in [5.41, 5.74) is 0. The molecule has 1 unspecified atom stereocenters. The third kappa shape index (κ3) is 2.65. The summed E-state index contributed by atoms with van der Waals surface area (Å²) in [6.07, 6.45) is 1.56. The van der Waals surface area contributed by atoms with Crippen LogP contribution in [0.15, 0.2) is 30.3 Å². The Hall–Kier alpha value is -1.90. The van der Waals surface area contributed by atoms with Crippen LogP contribution in [0.5, 0.6) is 0 Å². The van der Waals surface area contributed by atoms with Crippen molar-refractivity contribution in [1.29, 1.82) is 5.26 Å². The van der Waals surface area contributed by atoms with Crippen molar-refractivity contribution in [3.8, 4) is 6.07 Å². The molecule has 5 heteroatoms. The molecule has 0 aliphatic rings. The molecule has 0 fully saturated rings. The number of rotatable bonds is 4. The molecule has 2 aromatic heterocycles.